The molecule has 1 aliphatic heterocycles. The lowest BCUT2D eigenvalue weighted by atomic mass is 9.97. The van der Waals surface area contributed by atoms with E-state index in [9.17, 15) is 4.79 Å². The van der Waals surface area contributed by atoms with Crippen LogP contribution in [0.5, 0.6) is 11.5 Å². The van der Waals surface area contributed by atoms with Crippen LogP contribution in [0.3, 0.4) is 0 Å². The zero-order valence-electron chi connectivity index (χ0n) is 17.4. The van der Waals surface area contributed by atoms with Crippen LogP contribution in [0.1, 0.15) is 40.6 Å². The van der Waals surface area contributed by atoms with Crippen molar-refractivity contribution >= 4 is 5.91 Å². The van der Waals surface area contributed by atoms with Crippen molar-refractivity contribution in [1.82, 2.24) is 15.0 Å². The first-order chi connectivity index (χ1) is 14.6. The van der Waals surface area contributed by atoms with Gasteiger partial charge in [-0.2, -0.15) is 4.98 Å². The predicted molar refractivity (Wildman–Crippen MR) is 112 cm³/mol. The second kappa shape index (κ2) is 8.57. The molecule has 0 saturated carbocycles. The van der Waals surface area contributed by atoms with Gasteiger partial charge in [-0.15, -0.1) is 0 Å². The van der Waals surface area contributed by atoms with Crippen molar-refractivity contribution in [2.75, 3.05) is 27.3 Å². The molecular formula is C23H25N3O4. The SMILES string of the molecule is COc1ccc(C(=O)N2CCC[C@@H](c3nc(-c4ccc(C)cc4)no3)C2)cc1OC. The van der Waals surface area contributed by atoms with E-state index >= 15 is 0 Å². The lowest BCUT2D eigenvalue weighted by molar-refractivity contribution is 0.0695. The number of carbonyl (C=O) groups excluding carboxylic acids is 1. The summed E-state index contributed by atoms with van der Waals surface area (Å²) >= 11 is 0. The second-order valence-corrected chi connectivity index (χ2v) is 7.48. The van der Waals surface area contributed by atoms with E-state index in [1.165, 1.54) is 5.56 Å². The largest absolute Gasteiger partial charge is 0.493 e. The molecule has 1 fully saturated rings. The molecule has 0 bridgehead atoms. The summed E-state index contributed by atoms with van der Waals surface area (Å²) in [6.45, 7) is 3.28. The first-order valence-electron chi connectivity index (χ1n) is 10.0. The highest BCUT2D eigenvalue weighted by atomic mass is 16.5. The van der Waals surface area contributed by atoms with E-state index in [-0.39, 0.29) is 11.8 Å². The van der Waals surface area contributed by atoms with Gasteiger partial charge in [-0.1, -0.05) is 35.0 Å². The fourth-order valence-corrected chi connectivity index (χ4v) is 3.74. The first-order valence-corrected chi connectivity index (χ1v) is 10.0. The molecule has 7 heteroatoms. The van der Waals surface area contributed by atoms with E-state index in [1.807, 2.05) is 36.1 Å². The summed E-state index contributed by atoms with van der Waals surface area (Å²) in [5.41, 5.74) is 2.67. The van der Waals surface area contributed by atoms with Gasteiger partial charge in [0.15, 0.2) is 11.5 Å². The normalized spacial score (nSPS) is 16.4. The number of carbonyl (C=O) groups is 1. The zero-order chi connectivity index (χ0) is 21.1. The zero-order valence-corrected chi connectivity index (χ0v) is 17.4. The van der Waals surface area contributed by atoms with Crippen molar-refractivity contribution in [3.8, 4) is 22.9 Å². The minimum Gasteiger partial charge on any atom is -0.493 e. The van der Waals surface area contributed by atoms with Crippen LogP contribution in [0, 0.1) is 6.92 Å². The number of likely N-dealkylation sites (tertiary alicyclic amines) is 1. The van der Waals surface area contributed by atoms with Crippen LogP contribution in [0.25, 0.3) is 11.4 Å². The average Bonchev–Trinajstić information content (AvgIpc) is 3.29. The molecule has 4 rings (SSSR count). The summed E-state index contributed by atoms with van der Waals surface area (Å²) < 4.78 is 16.1. The Morgan fingerprint density at radius 3 is 2.60 bits per heavy atom. The Morgan fingerprint density at radius 2 is 1.87 bits per heavy atom. The van der Waals surface area contributed by atoms with Crippen molar-refractivity contribution in [2.24, 2.45) is 0 Å². The van der Waals surface area contributed by atoms with Gasteiger partial charge < -0.3 is 18.9 Å². The molecule has 0 N–H and O–H groups in total. The fourth-order valence-electron chi connectivity index (χ4n) is 3.74. The number of rotatable bonds is 5. The maximum absolute atomic E-state index is 13.1. The lowest BCUT2D eigenvalue weighted by Crippen LogP contribution is -2.39. The Morgan fingerprint density at radius 1 is 1.10 bits per heavy atom. The molecule has 7 nitrogen and oxygen atoms in total. The van der Waals surface area contributed by atoms with Crippen molar-refractivity contribution in [3.05, 3.63) is 59.5 Å². The van der Waals surface area contributed by atoms with Crippen molar-refractivity contribution in [2.45, 2.75) is 25.7 Å². The quantitative estimate of drug-likeness (QED) is 0.634. The van der Waals surface area contributed by atoms with E-state index in [0.717, 1.165) is 18.4 Å². The molecule has 3 aromatic rings. The van der Waals surface area contributed by atoms with Gasteiger partial charge in [-0.3, -0.25) is 4.79 Å². The molecule has 30 heavy (non-hydrogen) atoms. The third-order valence-corrected chi connectivity index (χ3v) is 5.44. The number of aromatic nitrogens is 2. The number of aryl methyl sites for hydroxylation is 1. The number of benzene rings is 2. The monoisotopic (exact) mass is 407 g/mol. The van der Waals surface area contributed by atoms with Gasteiger partial charge in [-0.25, -0.2) is 0 Å². The first kappa shape index (κ1) is 19.9. The van der Waals surface area contributed by atoms with Crippen molar-refractivity contribution in [3.63, 3.8) is 0 Å². The van der Waals surface area contributed by atoms with E-state index in [1.54, 1.807) is 32.4 Å². The molecule has 156 valence electrons. The fraction of sp³-hybridized carbons (Fsp3) is 0.348. The summed E-state index contributed by atoms with van der Waals surface area (Å²) in [5.74, 6) is 2.27. The van der Waals surface area contributed by atoms with Gasteiger partial charge in [-0.05, 0) is 38.0 Å². The second-order valence-electron chi connectivity index (χ2n) is 7.48. The van der Waals surface area contributed by atoms with Crippen LogP contribution in [-0.2, 0) is 0 Å². The molecule has 0 spiro atoms. The van der Waals surface area contributed by atoms with E-state index in [0.29, 0.717) is 41.9 Å². The summed E-state index contributed by atoms with van der Waals surface area (Å²) in [7, 11) is 3.13. The Kier molecular flexibility index (Phi) is 5.70. The van der Waals surface area contributed by atoms with Gasteiger partial charge in [0.05, 0.1) is 20.1 Å². The number of ether oxygens (including phenoxy) is 2. The van der Waals surface area contributed by atoms with Gasteiger partial charge in [0.25, 0.3) is 5.91 Å². The van der Waals surface area contributed by atoms with E-state index < -0.39 is 0 Å². The summed E-state index contributed by atoms with van der Waals surface area (Å²) in [5, 5.41) is 4.14. The Hall–Kier alpha value is -3.35. The number of hydrogen-bond donors (Lipinski definition) is 0. The molecule has 2 heterocycles. The number of methoxy groups -OCH3 is 2. The summed E-state index contributed by atoms with van der Waals surface area (Å²) in [6.07, 6.45) is 1.79. The average molecular weight is 407 g/mol. The molecule has 0 aliphatic carbocycles. The Labute approximate surface area is 175 Å². The summed E-state index contributed by atoms with van der Waals surface area (Å²) in [4.78, 5) is 19.5. The Bertz CT molecular complexity index is 1030. The molecule has 1 amide bonds. The van der Waals surface area contributed by atoms with Crippen LogP contribution in [-0.4, -0.2) is 48.3 Å². The van der Waals surface area contributed by atoms with Gasteiger partial charge in [0.2, 0.25) is 11.7 Å². The Balaban J connectivity index is 1.49. The standard InChI is InChI=1S/C23H25N3O4/c1-15-6-8-16(9-7-15)21-24-22(30-25-21)18-5-4-12-26(14-18)23(27)17-10-11-19(28-2)20(13-17)29-3/h6-11,13,18H,4-5,12,14H2,1-3H3/t18-/m1/s1. The molecule has 1 aliphatic rings. The van der Waals surface area contributed by atoms with Crippen LogP contribution < -0.4 is 9.47 Å². The smallest absolute Gasteiger partial charge is 0.254 e. The highest BCUT2D eigenvalue weighted by Gasteiger charge is 2.29. The van der Waals surface area contributed by atoms with Crippen molar-refractivity contribution in [1.29, 1.82) is 0 Å². The third-order valence-electron chi connectivity index (χ3n) is 5.44. The van der Waals surface area contributed by atoms with Crippen LogP contribution >= 0.6 is 0 Å². The van der Waals surface area contributed by atoms with Crippen LogP contribution in [0.4, 0.5) is 0 Å². The van der Waals surface area contributed by atoms with Crippen LogP contribution in [0.2, 0.25) is 0 Å². The maximum atomic E-state index is 13.1. The highest BCUT2D eigenvalue weighted by molar-refractivity contribution is 5.95. The van der Waals surface area contributed by atoms with Crippen LogP contribution in [0.15, 0.2) is 47.0 Å². The summed E-state index contributed by atoms with van der Waals surface area (Å²) in [6, 6.07) is 13.2. The van der Waals surface area contributed by atoms with Gasteiger partial charge >= 0.3 is 0 Å². The number of piperidine rings is 1. The number of hydrogen-bond acceptors (Lipinski definition) is 6. The molecule has 2 aromatic carbocycles. The van der Waals surface area contributed by atoms with Gasteiger partial charge in [0, 0.05) is 24.2 Å². The van der Waals surface area contributed by atoms with Gasteiger partial charge in [0.1, 0.15) is 0 Å². The van der Waals surface area contributed by atoms with Crippen molar-refractivity contribution < 1.29 is 18.8 Å². The topological polar surface area (TPSA) is 77.7 Å². The minimum absolute atomic E-state index is 0.0227. The minimum atomic E-state index is -0.0427. The van der Waals surface area contributed by atoms with E-state index in [2.05, 4.69) is 10.1 Å². The highest BCUT2D eigenvalue weighted by Crippen LogP contribution is 2.31. The molecule has 1 atom stereocenters. The number of amides is 1. The molecular weight excluding hydrogens is 382 g/mol. The van der Waals surface area contributed by atoms with E-state index in [4.69, 9.17) is 14.0 Å². The maximum Gasteiger partial charge on any atom is 0.254 e. The lowest BCUT2D eigenvalue weighted by Gasteiger charge is -2.31. The molecule has 0 unspecified atom stereocenters. The molecule has 1 aromatic heterocycles. The number of nitrogens with zero attached hydrogens (tertiary/aromatic N) is 3. The third kappa shape index (κ3) is 4.01. The predicted octanol–water partition coefficient (Wildman–Crippen LogP) is 4.08. The molecule has 0 radical (unpaired) electrons. The molecule has 1 saturated heterocycles.